The number of unbranched alkanes of at least 4 members (excludes halogenated alkanes) is 23. The molecule has 0 radical (unpaired) electrons. The highest BCUT2D eigenvalue weighted by molar-refractivity contribution is 8.00. The largest absolute Gasteiger partial charge is 0.481 e. The van der Waals surface area contributed by atoms with Gasteiger partial charge in [-0.2, -0.15) is 0 Å². The Bertz CT molecular complexity index is 595. The number of hydrogen-bond donors (Lipinski definition) is 1. The van der Waals surface area contributed by atoms with Crippen LogP contribution in [-0.4, -0.2) is 34.0 Å². The van der Waals surface area contributed by atoms with Gasteiger partial charge in [-0.25, -0.2) is 0 Å². The van der Waals surface area contributed by atoms with E-state index in [0.717, 1.165) is 25.0 Å². The Morgan fingerprint density at radius 1 is 0.548 bits per heavy atom. The smallest absolute Gasteiger partial charge is 0.326 e. The van der Waals surface area contributed by atoms with Gasteiger partial charge in [0.1, 0.15) is 5.25 Å². The summed E-state index contributed by atoms with van der Waals surface area (Å²) in [6.45, 7) is 7.99. The predicted octanol–water partition coefficient (Wildman–Crippen LogP) is 11.8. The normalized spacial score (nSPS) is 11.5. The summed E-state index contributed by atoms with van der Waals surface area (Å²) >= 11 is 1.63. The summed E-state index contributed by atoms with van der Waals surface area (Å²) in [6, 6.07) is 0. The molecule has 0 aromatic rings. The van der Waals surface area contributed by atoms with E-state index in [9.17, 15) is 14.4 Å². The number of ether oxygens (including phenoxy) is 1. The van der Waals surface area contributed by atoms with Crippen molar-refractivity contribution in [2.75, 3.05) is 5.75 Å². The van der Waals surface area contributed by atoms with E-state index in [-0.39, 0.29) is 23.6 Å². The third-order valence-corrected chi connectivity index (χ3v) is 8.92. The zero-order valence-electron chi connectivity index (χ0n) is 28.4. The van der Waals surface area contributed by atoms with E-state index >= 15 is 0 Å². The third-order valence-electron chi connectivity index (χ3n) is 7.70. The summed E-state index contributed by atoms with van der Waals surface area (Å²) in [5.41, 5.74) is 0. The van der Waals surface area contributed by atoms with Crippen LogP contribution < -0.4 is 0 Å². The van der Waals surface area contributed by atoms with Crippen molar-refractivity contribution in [3.63, 3.8) is 0 Å². The summed E-state index contributed by atoms with van der Waals surface area (Å²) in [6.07, 6.45) is 33.5. The first kappa shape index (κ1) is 43.1. The molecule has 0 aromatic carbocycles. The zero-order chi connectivity index (χ0) is 31.5. The highest BCUT2D eigenvalue weighted by atomic mass is 32.2. The highest BCUT2D eigenvalue weighted by Gasteiger charge is 2.18. The van der Waals surface area contributed by atoms with Crippen molar-refractivity contribution in [1.29, 1.82) is 0 Å². The molecule has 0 saturated carbocycles. The fraction of sp³-hybridized carbons (Fsp3) is 0.917. The minimum Gasteiger partial charge on any atom is -0.481 e. The molecule has 0 aliphatic heterocycles. The van der Waals surface area contributed by atoms with E-state index in [0.29, 0.717) is 6.42 Å². The van der Waals surface area contributed by atoms with Gasteiger partial charge >= 0.3 is 17.9 Å². The molecule has 0 amide bonds. The lowest BCUT2D eigenvalue weighted by Gasteiger charge is -2.10. The Kier molecular flexibility index (Phi) is 37.1. The number of carboxylic acid groups (broad SMARTS) is 1. The Morgan fingerprint density at radius 3 is 1.19 bits per heavy atom. The van der Waals surface area contributed by atoms with Gasteiger partial charge in [0.25, 0.3) is 0 Å². The average molecular weight is 615 g/mol. The molecule has 0 aliphatic carbocycles. The highest BCUT2D eigenvalue weighted by Crippen LogP contribution is 2.18. The third kappa shape index (κ3) is 37.0. The molecule has 1 N–H and O–H groups in total. The van der Waals surface area contributed by atoms with E-state index in [1.165, 1.54) is 141 Å². The molecular weight excluding hydrogens is 544 g/mol. The number of thioether (sulfide) groups is 1. The molecule has 0 heterocycles. The quantitative estimate of drug-likeness (QED) is 0.0492. The van der Waals surface area contributed by atoms with Crippen LogP contribution in [0.4, 0.5) is 0 Å². The van der Waals surface area contributed by atoms with E-state index in [1.54, 1.807) is 18.7 Å². The Hall–Kier alpha value is -1.04. The van der Waals surface area contributed by atoms with Crippen molar-refractivity contribution in [3.05, 3.63) is 0 Å². The van der Waals surface area contributed by atoms with Gasteiger partial charge in [-0.3, -0.25) is 14.4 Å². The fourth-order valence-electron chi connectivity index (χ4n) is 4.80. The summed E-state index contributed by atoms with van der Waals surface area (Å²) in [5.74, 6) is -0.475. The van der Waals surface area contributed by atoms with Crippen LogP contribution in [0.2, 0.25) is 0 Å². The number of carboxylic acids is 1. The van der Waals surface area contributed by atoms with Crippen molar-refractivity contribution in [1.82, 2.24) is 0 Å². The van der Waals surface area contributed by atoms with Gasteiger partial charge in [0.05, 0.1) is 0 Å². The second kappa shape index (κ2) is 36.2. The molecular formula is C36H70O5S. The van der Waals surface area contributed by atoms with Gasteiger partial charge in [0, 0.05) is 12.8 Å². The molecule has 1 unspecified atom stereocenters. The van der Waals surface area contributed by atoms with E-state index < -0.39 is 5.97 Å². The van der Waals surface area contributed by atoms with Crippen molar-refractivity contribution in [3.8, 4) is 0 Å². The topological polar surface area (TPSA) is 80.7 Å². The zero-order valence-corrected chi connectivity index (χ0v) is 29.2. The molecule has 1 atom stereocenters. The van der Waals surface area contributed by atoms with Crippen LogP contribution in [0.3, 0.4) is 0 Å². The second-order valence-corrected chi connectivity index (χ2v) is 13.4. The van der Waals surface area contributed by atoms with Gasteiger partial charge in [0.15, 0.2) is 0 Å². The van der Waals surface area contributed by atoms with Gasteiger partial charge in [-0.15, -0.1) is 11.8 Å². The first-order valence-electron chi connectivity index (χ1n) is 18.0. The lowest BCUT2D eigenvalue weighted by molar-refractivity contribution is -0.159. The standard InChI is InChI=1S/C33H64O3S.C3H6O2/c1-4-6-8-10-12-14-15-16-17-18-19-20-22-24-26-28-30-37-31(3)33(35)36-32(34)29-27-25-23-21-13-11-9-7-5-2;1-2-3(4)5/h31H,4-30H2,1-3H3;2H2,1H3,(H,4,5). The Morgan fingerprint density at radius 2 is 0.857 bits per heavy atom. The van der Waals surface area contributed by atoms with Gasteiger partial charge in [-0.05, 0) is 25.5 Å². The molecule has 0 spiro atoms. The van der Waals surface area contributed by atoms with Crippen molar-refractivity contribution in [2.24, 2.45) is 0 Å². The molecule has 0 saturated heterocycles. The monoisotopic (exact) mass is 614 g/mol. The predicted molar refractivity (Wildman–Crippen MR) is 182 cm³/mol. The molecule has 0 aromatic heterocycles. The average Bonchev–Trinajstić information content (AvgIpc) is 2.98. The number of carbonyl (C=O) groups excluding carboxylic acids is 2. The molecule has 250 valence electrons. The summed E-state index contributed by atoms with van der Waals surface area (Å²) in [4.78, 5) is 33.5. The SMILES string of the molecule is CCC(=O)O.CCCCCCCCCCCCCCCCCCSC(C)C(=O)OC(=O)CCCCCCCCCCC. The van der Waals surface area contributed by atoms with Gasteiger partial charge in [-0.1, -0.05) is 168 Å². The van der Waals surface area contributed by atoms with E-state index in [1.807, 2.05) is 6.92 Å². The summed E-state index contributed by atoms with van der Waals surface area (Å²) in [7, 11) is 0. The first-order valence-corrected chi connectivity index (χ1v) is 19.0. The van der Waals surface area contributed by atoms with Crippen LogP contribution in [0.1, 0.15) is 201 Å². The maximum atomic E-state index is 12.2. The maximum Gasteiger partial charge on any atom is 0.326 e. The molecule has 0 aliphatic rings. The van der Waals surface area contributed by atoms with Crippen LogP contribution in [0.5, 0.6) is 0 Å². The Balaban J connectivity index is 0. The fourth-order valence-corrected chi connectivity index (χ4v) is 5.71. The minimum atomic E-state index is -0.745. The van der Waals surface area contributed by atoms with Gasteiger partial charge < -0.3 is 9.84 Å². The Labute approximate surface area is 265 Å². The molecule has 0 fully saturated rings. The molecule has 0 bridgehead atoms. The second-order valence-electron chi connectivity index (χ2n) is 11.9. The number of esters is 2. The molecule has 42 heavy (non-hydrogen) atoms. The van der Waals surface area contributed by atoms with Crippen molar-refractivity contribution >= 4 is 29.7 Å². The molecule has 0 rings (SSSR count). The van der Waals surface area contributed by atoms with Crippen LogP contribution in [0, 0.1) is 0 Å². The van der Waals surface area contributed by atoms with E-state index in [2.05, 4.69) is 13.8 Å². The van der Waals surface area contributed by atoms with Crippen molar-refractivity contribution < 1.29 is 24.2 Å². The summed E-state index contributed by atoms with van der Waals surface area (Å²) in [5, 5.41) is 7.48. The number of rotatable bonds is 30. The van der Waals surface area contributed by atoms with Crippen molar-refractivity contribution in [2.45, 2.75) is 206 Å². The lowest BCUT2D eigenvalue weighted by Crippen LogP contribution is -2.21. The minimum absolute atomic E-state index is 0.222. The summed E-state index contributed by atoms with van der Waals surface area (Å²) < 4.78 is 5.07. The molecule has 5 nitrogen and oxygen atoms in total. The van der Waals surface area contributed by atoms with Gasteiger partial charge in [0.2, 0.25) is 0 Å². The van der Waals surface area contributed by atoms with Crippen LogP contribution in [0.25, 0.3) is 0 Å². The molecule has 6 heteroatoms. The van der Waals surface area contributed by atoms with Crippen LogP contribution in [0.15, 0.2) is 0 Å². The number of carbonyl (C=O) groups is 3. The van der Waals surface area contributed by atoms with Crippen LogP contribution in [-0.2, 0) is 19.1 Å². The van der Waals surface area contributed by atoms with E-state index in [4.69, 9.17) is 9.84 Å². The van der Waals surface area contributed by atoms with Crippen LogP contribution >= 0.6 is 11.8 Å². The first-order chi connectivity index (χ1) is 20.4. The number of hydrogen-bond acceptors (Lipinski definition) is 5. The number of aliphatic carboxylic acids is 1. The maximum absolute atomic E-state index is 12.2. The lowest BCUT2D eigenvalue weighted by atomic mass is 10.0.